The first-order valence-electron chi connectivity index (χ1n) is 15.3. The lowest BCUT2D eigenvalue weighted by Gasteiger charge is -2.21. The molecular weight excluding hydrogens is 562 g/mol. The van der Waals surface area contributed by atoms with Crippen molar-refractivity contribution in [2.45, 2.75) is 0 Å². The van der Waals surface area contributed by atoms with E-state index in [2.05, 4.69) is 103 Å². The van der Waals surface area contributed by atoms with E-state index in [1.807, 2.05) is 54.6 Å². The number of hydrogen-bond donors (Lipinski definition) is 0. The van der Waals surface area contributed by atoms with Gasteiger partial charge in [-0.3, -0.25) is 0 Å². The van der Waals surface area contributed by atoms with Gasteiger partial charge in [-0.2, -0.15) is 5.26 Å². The van der Waals surface area contributed by atoms with Crippen LogP contribution in [0.3, 0.4) is 0 Å². The zero-order valence-electron chi connectivity index (χ0n) is 24.7. The molecule has 3 heteroatoms. The van der Waals surface area contributed by atoms with Gasteiger partial charge in [-0.15, -0.1) is 0 Å². The van der Waals surface area contributed by atoms with Crippen molar-refractivity contribution in [3.8, 4) is 50.6 Å². The molecule has 3 nitrogen and oxygen atoms in total. The number of fused-ring (bicyclic) bond motifs is 6. The molecule has 0 amide bonds. The predicted molar refractivity (Wildman–Crippen MR) is 187 cm³/mol. The van der Waals surface area contributed by atoms with Crippen molar-refractivity contribution in [1.29, 1.82) is 5.26 Å². The van der Waals surface area contributed by atoms with Crippen LogP contribution >= 0.6 is 0 Å². The number of rotatable bonds is 4. The summed E-state index contributed by atoms with van der Waals surface area (Å²) >= 11 is 0. The molecule has 0 spiro atoms. The summed E-state index contributed by atoms with van der Waals surface area (Å²) in [5.74, 6) is 0. The van der Waals surface area contributed by atoms with Crippen LogP contribution in [0.15, 0.2) is 160 Å². The molecule has 0 radical (unpaired) electrons. The second-order valence-electron chi connectivity index (χ2n) is 11.6. The van der Waals surface area contributed by atoms with E-state index in [0.717, 1.165) is 88.4 Å². The Hall–Kier alpha value is -6.37. The topological polar surface area (TPSA) is 50.1 Å². The van der Waals surface area contributed by atoms with Crippen LogP contribution in [0.25, 0.3) is 88.4 Å². The third kappa shape index (κ3) is 4.05. The Bertz CT molecular complexity index is 2650. The number of hydrogen-bond acceptors (Lipinski definition) is 3. The monoisotopic (exact) mass is 587 g/mol. The third-order valence-electron chi connectivity index (χ3n) is 8.96. The first kappa shape index (κ1) is 26.1. The minimum atomic E-state index is 0.640. The average Bonchev–Trinajstić information content (AvgIpc) is 3.69. The highest BCUT2D eigenvalue weighted by Gasteiger charge is 2.22. The Morgan fingerprint density at radius 2 is 0.891 bits per heavy atom. The highest BCUT2D eigenvalue weighted by molar-refractivity contribution is 6.11. The van der Waals surface area contributed by atoms with Crippen LogP contribution in [-0.2, 0) is 0 Å². The van der Waals surface area contributed by atoms with Crippen molar-refractivity contribution in [2.75, 3.05) is 0 Å². The molecule has 0 saturated heterocycles. The Kier molecular flexibility index (Phi) is 5.88. The molecule has 0 aliphatic carbocycles. The van der Waals surface area contributed by atoms with E-state index in [1.165, 1.54) is 0 Å². The van der Waals surface area contributed by atoms with Crippen LogP contribution in [0, 0.1) is 11.3 Å². The van der Waals surface area contributed by atoms with Crippen LogP contribution in [0.2, 0.25) is 0 Å². The fraction of sp³-hybridized carbons (Fsp3) is 0. The lowest BCUT2D eigenvalue weighted by molar-refractivity contribution is 0.668. The summed E-state index contributed by atoms with van der Waals surface area (Å²) in [6, 6.07) is 54.4. The summed E-state index contributed by atoms with van der Waals surface area (Å²) in [4.78, 5) is 0. The van der Waals surface area contributed by atoms with E-state index in [4.69, 9.17) is 8.83 Å². The Morgan fingerprint density at radius 3 is 1.59 bits per heavy atom. The second-order valence-corrected chi connectivity index (χ2v) is 11.6. The van der Waals surface area contributed by atoms with Gasteiger partial charge in [-0.1, -0.05) is 109 Å². The summed E-state index contributed by atoms with van der Waals surface area (Å²) in [5.41, 5.74) is 12.5. The minimum absolute atomic E-state index is 0.640. The average molecular weight is 588 g/mol. The number of furan rings is 2. The Morgan fingerprint density at radius 1 is 0.370 bits per heavy atom. The van der Waals surface area contributed by atoms with Gasteiger partial charge in [0.2, 0.25) is 0 Å². The van der Waals surface area contributed by atoms with Gasteiger partial charge < -0.3 is 8.83 Å². The molecule has 0 fully saturated rings. The quantitative estimate of drug-likeness (QED) is 0.206. The standard InChI is InChI=1S/C43H25NO2/c44-26-30-12-4-5-13-31(30)35-21-20-32(28-18-22-40-36(24-28)33-14-6-8-16-38(33)45-40)43(42(35)27-10-2-1-3-11-27)29-19-23-41-37(25-29)34-15-7-9-17-39(34)46-41/h1-25H. The second kappa shape index (κ2) is 10.4. The van der Waals surface area contributed by atoms with Crippen molar-refractivity contribution in [3.05, 3.63) is 157 Å². The number of nitrogens with zero attached hydrogens (tertiary/aromatic N) is 1. The van der Waals surface area contributed by atoms with Gasteiger partial charge in [0, 0.05) is 27.1 Å². The fourth-order valence-electron chi connectivity index (χ4n) is 6.86. The summed E-state index contributed by atoms with van der Waals surface area (Å²) in [6.07, 6.45) is 0. The molecule has 2 heterocycles. The Labute approximate surface area is 265 Å². The highest BCUT2D eigenvalue weighted by Crippen LogP contribution is 2.48. The van der Waals surface area contributed by atoms with Gasteiger partial charge in [0.25, 0.3) is 0 Å². The Balaban J connectivity index is 1.41. The molecule has 0 N–H and O–H groups in total. The van der Waals surface area contributed by atoms with Crippen molar-refractivity contribution in [3.63, 3.8) is 0 Å². The van der Waals surface area contributed by atoms with E-state index in [9.17, 15) is 5.26 Å². The van der Waals surface area contributed by atoms with E-state index < -0.39 is 0 Å². The minimum Gasteiger partial charge on any atom is -0.456 e. The summed E-state index contributed by atoms with van der Waals surface area (Å²) in [6.45, 7) is 0. The lowest BCUT2D eigenvalue weighted by Crippen LogP contribution is -1.96. The molecule has 9 rings (SSSR count). The molecule has 0 saturated carbocycles. The zero-order chi connectivity index (χ0) is 30.6. The van der Waals surface area contributed by atoms with Crippen molar-refractivity contribution in [1.82, 2.24) is 0 Å². The van der Waals surface area contributed by atoms with Crippen LogP contribution in [0.5, 0.6) is 0 Å². The van der Waals surface area contributed by atoms with E-state index in [1.54, 1.807) is 0 Å². The third-order valence-corrected chi connectivity index (χ3v) is 8.96. The van der Waals surface area contributed by atoms with Crippen LogP contribution < -0.4 is 0 Å². The molecule has 0 bridgehead atoms. The van der Waals surface area contributed by atoms with E-state index in [0.29, 0.717) is 5.56 Å². The van der Waals surface area contributed by atoms with Gasteiger partial charge in [0.1, 0.15) is 22.3 Å². The molecule has 0 aliphatic rings. The normalized spacial score (nSPS) is 11.5. The van der Waals surface area contributed by atoms with E-state index in [-0.39, 0.29) is 0 Å². The van der Waals surface area contributed by atoms with Gasteiger partial charge >= 0.3 is 0 Å². The van der Waals surface area contributed by atoms with Crippen LogP contribution in [0.4, 0.5) is 0 Å². The molecule has 0 unspecified atom stereocenters. The lowest BCUT2D eigenvalue weighted by atomic mass is 9.81. The maximum Gasteiger partial charge on any atom is 0.135 e. The molecule has 0 aliphatic heterocycles. The molecule has 46 heavy (non-hydrogen) atoms. The van der Waals surface area contributed by atoms with Crippen molar-refractivity contribution >= 4 is 43.9 Å². The molecule has 9 aromatic rings. The maximum absolute atomic E-state index is 10.2. The molecule has 2 aromatic heterocycles. The maximum atomic E-state index is 10.2. The van der Waals surface area contributed by atoms with Crippen molar-refractivity contribution < 1.29 is 8.83 Å². The number of para-hydroxylation sites is 2. The molecule has 7 aromatic carbocycles. The summed E-state index contributed by atoms with van der Waals surface area (Å²) < 4.78 is 12.4. The van der Waals surface area contributed by atoms with Gasteiger partial charge in [-0.05, 0) is 81.4 Å². The first-order valence-corrected chi connectivity index (χ1v) is 15.3. The predicted octanol–water partition coefficient (Wildman–Crippen LogP) is 12.0. The SMILES string of the molecule is N#Cc1ccccc1-c1ccc(-c2ccc3oc4ccccc4c3c2)c(-c2ccc3oc4ccccc4c3c2)c1-c1ccccc1. The fourth-order valence-corrected chi connectivity index (χ4v) is 6.86. The van der Waals surface area contributed by atoms with Crippen LogP contribution in [0.1, 0.15) is 5.56 Å². The van der Waals surface area contributed by atoms with E-state index >= 15 is 0 Å². The van der Waals surface area contributed by atoms with Gasteiger partial charge in [0.05, 0.1) is 11.6 Å². The number of nitriles is 1. The van der Waals surface area contributed by atoms with Crippen molar-refractivity contribution in [2.24, 2.45) is 0 Å². The first-order chi connectivity index (χ1) is 22.8. The molecular formula is C43H25NO2. The van der Waals surface area contributed by atoms with Gasteiger partial charge in [0.15, 0.2) is 0 Å². The molecule has 214 valence electrons. The largest absolute Gasteiger partial charge is 0.456 e. The zero-order valence-corrected chi connectivity index (χ0v) is 24.7. The smallest absolute Gasteiger partial charge is 0.135 e. The number of benzene rings is 7. The van der Waals surface area contributed by atoms with Gasteiger partial charge in [-0.25, -0.2) is 0 Å². The summed E-state index contributed by atoms with van der Waals surface area (Å²) in [7, 11) is 0. The molecule has 0 atom stereocenters. The summed E-state index contributed by atoms with van der Waals surface area (Å²) in [5, 5.41) is 14.5. The van der Waals surface area contributed by atoms with Crippen LogP contribution in [-0.4, -0.2) is 0 Å². The highest BCUT2D eigenvalue weighted by atomic mass is 16.3.